The van der Waals surface area contributed by atoms with Crippen LogP contribution in [-0.4, -0.2) is 57.6 Å². The number of pyridine rings is 1. The second-order valence-electron chi connectivity index (χ2n) is 4.93. The zero-order valence-corrected chi connectivity index (χ0v) is 11.9. The van der Waals surface area contributed by atoms with E-state index in [0.29, 0.717) is 12.2 Å². The number of carboxylic acid groups (broad SMARTS) is 1. The highest BCUT2D eigenvalue weighted by Gasteiger charge is 2.28. The molecule has 118 valence electrons. The van der Waals surface area contributed by atoms with Crippen molar-refractivity contribution in [2.24, 2.45) is 0 Å². The van der Waals surface area contributed by atoms with Gasteiger partial charge in [0.15, 0.2) is 0 Å². The lowest BCUT2D eigenvalue weighted by molar-refractivity contribution is -0.385. The maximum Gasteiger partial charge on any atom is 0.306 e. The Bertz CT molecular complexity index is 618. The lowest BCUT2D eigenvalue weighted by atomic mass is 10.1. The van der Waals surface area contributed by atoms with Crippen LogP contribution in [0.2, 0.25) is 0 Å². The summed E-state index contributed by atoms with van der Waals surface area (Å²) in [5, 5.41) is 19.6. The normalized spacial score (nSPS) is 18.0. The smallest absolute Gasteiger partial charge is 0.306 e. The summed E-state index contributed by atoms with van der Waals surface area (Å²) in [6.07, 6.45) is 0.316. The Morgan fingerprint density at radius 2 is 2.32 bits per heavy atom. The van der Waals surface area contributed by atoms with Crippen LogP contribution < -0.4 is 0 Å². The maximum absolute atomic E-state index is 12.5. The number of amides is 1. The Balaban J connectivity index is 2.18. The molecule has 0 spiro atoms. The molecule has 1 amide bonds. The second kappa shape index (κ2) is 6.48. The van der Waals surface area contributed by atoms with Crippen LogP contribution in [0.3, 0.4) is 0 Å². The number of carboxylic acids is 1. The van der Waals surface area contributed by atoms with Crippen molar-refractivity contribution in [3.63, 3.8) is 0 Å². The van der Waals surface area contributed by atoms with Crippen molar-refractivity contribution in [1.29, 1.82) is 0 Å². The van der Waals surface area contributed by atoms with Crippen LogP contribution in [0.4, 0.5) is 5.69 Å². The highest BCUT2D eigenvalue weighted by Crippen LogP contribution is 2.18. The number of morpholine rings is 1. The standard InChI is InChI=1S/C13H15N3O6/c1-8-11(4-9(6-14-8)16(20)21)13(19)15-2-3-22-10(7-15)5-12(17)18/h4,6,10H,2-3,5,7H2,1H3,(H,17,18). The molecule has 1 N–H and O–H groups in total. The number of aliphatic carboxylic acids is 1. The highest BCUT2D eigenvalue weighted by atomic mass is 16.6. The van der Waals surface area contributed by atoms with Crippen molar-refractivity contribution >= 4 is 17.6 Å². The zero-order valence-electron chi connectivity index (χ0n) is 11.9. The number of hydrogen-bond donors (Lipinski definition) is 1. The number of aromatic nitrogens is 1. The van der Waals surface area contributed by atoms with E-state index in [1.807, 2.05) is 0 Å². The number of rotatable bonds is 4. The molecule has 22 heavy (non-hydrogen) atoms. The third kappa shape index (κ3) is 3.55. The van der Waals surface area contributed by atoms with Gasteiger partial charge in [-0.1, -0.05) is 0 Å². The molecule has 2 heterocycles. The van der Waals surface area contributed by atoms with E-state index in [9.17, 15) is 19.7 Å². The van der Waals surface area contributed by atoms with Gasteiger partial charge >= 0.3 is 5.97 Å². The molecule has 0 aliphatic carbocycles. The molecule has 0 radical (unpaired) electrons. The molecule has 1 saturated heterocycles. The summed E-state index contributed by atoms with van der Waals surface area (Å²) in [6, 6.07) is 1.19. The molecule has 0 saturated carbocycles. The van der Waals surface area contributed by atoms with Gasteiger partial charge in [-0.2, -0.15) is 0 Å². The van der Waals surface area contributed by atoms with E-state index in [-0.39, 0.29) is 30.8 Å². The van der Waals surface area contributed by atoms with Crippen LogP contribution in [0.5, 0.6) is 0 Å². The third-order valence-corrected chi connectivity index (χ3v) is 3.34. The van der Waals surface area contributed by atoms with Crippen LogP contribution in [-0.2, 0) is 9.53 Å². The first-order valence-corrected chi connectivity index (χ1v) is 6.62. The van der Waals surface area contributed by atoms with Gasteiger partial charge in [0.2, 0.25) is 0 Å². The molecule has 9 heteroatoms. The van der Waals surface area contributed by atoms with Crippen LogP contribution in [0, 0.1) is 17.0 Å². The minimum Gasteiger partial charge on any atom is -0.481 e. The maximum atomic E-state index is 12.5. The third-order valence-electron chi connectivity index (χ3n) is 3.34. The van der Waals surface area contributed by atoms with E-state index in [0.717, 1.165) is 6.20 Å². The van der Waals surface area contributed by atoms with Crippen LogP contribution in [0.25, 0.3) is 0 Å². The number of carbonyl (C=O) groups excluding carboxylic acids is 1. The van der Waals surface area contributed by atoms with Crippen LogP contribution >= 0.6 is 0 Å². The molecule has 1 atom stereocenters. The van der Waals surface area contributed by atoms with E-state index >= 15 is 0 Å². The first-order valence-electron chi connectivity index (χ1n) is 6.62. The summed E-state index contributed by atoms with van der Waals surface area (Å²) in [4.78, 5) is 38.7. The molecule has 0 aromatic carbocycles. The number of nitro groups is 1. The second-order valence-corrected chi connectivity index (χ2v) is 4.93. The van der Waals surface area contributed by atoms with Gasteiger partial charge in [-0.05, 0) is 6.92 Å². The van der Waals surface area contributed by atoms with Crippen molar-refractivity contribution in [2.75, 3.05) is 19.7 Å². The summed E-state index contributed by atoms with van der Waals surface area (Å²) in [5.74, 6) is -1.42. The van der Waals surface area contributed by atoms with Crippen molar-refractivity contribution < 1.29 is 24.4 Å². The summed E-state index contributed by atoms with van der Waals surface area (Å²) < 4.78 is 5.30. The fourth-order valence-corrected chi connectivity index (χ4v) is 2.23. The molecule has 9 nitrogen and oxygen atoms in total. The van der Waals surface area contributed by atoms with Crippen molar-refractivity contribution in [3.8, 4) is 0 Å². The Morgan fingerprint density at radius 3 is 2.95 bits per heavy atom. The monoisotopic (exact) mass is 309 g/mol. The summed E-state index contributed by atoms with van der Waals surface area (Å²) in [6.45, 7) is 2.25. The number of carbonyl (C=O) groups is 2. The molecule has 1 aliphatic heterocycles. The Labute approximate surface area is 125 Å². The predicted molar refractivity (Wildman–Crippen MR) is 73.5 cm³/mol. The summed E-state index contributed by atoms with van der Waals surface area (Å²) >= 11 is 0. The van der Waals surface area contributed by atoms with Crippen LogP contribution in [0.1, 0.15) is 22.5 Å². The molecule has 1 unspecified atom stereocenters. The molecule has 0 bridgehead atoms. The highest BCUT2D eigenvalue weighted by molar-refractivity contribution is 5.95. The Morgan fingerprint density at radius 1 is 1.59 bits per heavy atom. The van der Waals surface area contributed by atoms with Gasteiger partial charge < -0.3 is 14.7 Å². The van der Waals surface area contributed by atoms with Gasteiger partial charge in [0.25, 0.3) is 11.6 Å². The Kier molecular flexibility index (Phi) is 4.66. The lowest BCUT2D eigenvalue weighted by Crippen LogP contribution is -2.46. The van der Waals surface area contributed by atoms with Crippen molar-refractivity contribution in [2.45, 2.75) is 19.4 Å². The molecular weight excluding hydrogens is 294 g/mol. The average Bonchev–Trinajstić information content (AvgIpc) is 2.46. The fourth-order valence-electron chi connectivity index (χ4n) is 2.23. The van der Waals surface area contributed by atoms with Crippen LogP contribution in [0.15, 0.2) is 12.3 Å². The lowest BCUT2D eigenvalue weighted by Gasteiger charge is -2.32. The molecule has 1 aromatic rings. The minimum absolute atomic E-state index is 0.132. The van der Waals surface area contributed by atoms with Crippen molar-refractivity contribution in [3.05, 3.63) is 33.6 Å². The topological polar surface area (TPSA) is 123 Å². The quantitative estimate of drug-likeness (QED) is 0.638. The summed E-state index contributed by atoms with van der Waals surface area (Å²) in [7, 11) is 0. The number of ether oxygens (including phenoxy) is 1. The van der Waals surface area contributed by atoms with E-state index < -0.39 is 22.9 Å². The van der Waals surface area contributed by atoms with Crippen molar-refractivity contribution in [1.82, 2.24) is 9.88 Å². The van der Waals surface area contributed by atoms with E-state index in [1.54, 1.807) is 6.92 Å². The van der Waals surface area contributed by atoms with E-state index in [2.05, 4.69) is 4.98 Å². The van der Waals surface area contributed by atoms with E-state index in [1.165, 1.54) is 11.0 Å². The van der Waals surface area contributed by atoms with Gasteiger partial charge in [-0.15, -0.1) is 0 Å². The molecular formula is C13H15N3O6. The molecule has 2 rings (SSSR count). The fraction of sp³-hybridized carbons (Fsp3) is 0.462. The van der Waals surface area contributed by atoms with Gasteiger partial charge in [0, 0.05) is 19.2 Å². The molecule has 1 aromatic heterocycles. The van der Waals surface area contributed by atoms with Gasteiger partial charge in [-0.3, -0.25) is 24.7 Å². The van der Waals surface area contributed by atoms with E-state index in [4.69, 9.17) is 9.84 Å². The average molecular weight is 309 g/mol. The van der Waals surface area contributed by atoms with Gasteiger partial charge in [0.1, 0.15) is 6.20 Å². The predicted octanol–water partition coefficient (Wildman–Crippen LogP) is 0.614. The number of aryl methyl sites for hydroxylation is 1. The minimum atomic E-state index is -1.01. The van der Waals surface area contributed by atoms with Gasteiger partial charge in [-0.25, -0.2) is 0 Å². The molecule has 1 aliphatic rings. The SMILES string of the molecule is Cc1ncc([N+](=O)[O-])cc1C(=O)N1CCOC(CC(=O)O)C1. The zero-order chi connectivity index (χ0) is 16.3. The van der Waals surface area contributed by atoms with Gasteiger partial charge in [0.05, 0.1) is 35.3 Å². The largest absolute Gasteiger partial charge is 0.481 e. The first-order chi connectivity index (χ1) is 10.4. The summed E-state index contributed by atoms with van der Waals surface area (Å²) in [5.41, 5.74) is 0.270. The number of nitrogens with zero attached hydrogens (tertiary/aromatic N) is 3. The Hall–Kier alpha value is -2.55. The molecule has 1 fully saturated rings. The number of hydrogen-bond acceptors (Lipinski definition) is 6. The first kappa shape index (κ1) is 15.8.